The van der Waals surface area contributed by atoms with Crippen molar-refractivity contribution < 1.29 is 23.1 Å². The van der Waals surface area contributed by atoms with Crippen molar-refractivity contribution in [2.45, 2.75) is 18.4 Å². The molecular formula is C16H17NO5S. The fraction of sp³-hybridized carbons (Fsp3) is 0.188. The van der Waals surface area contributed by atoms with Crippen LogP contribution in [0.25, 0.3) is 0 Å². The van der Waals surface area contributed by atoms with Gasteiger partial charge in [0.1, 0.15) is 0 Å². The van der Waals surface area contributed by atoms with E-state index in [1.165, 1.54) is 12.1 Å². The van der Waals surface area contributed by atoms with E-state index in [0.29, 0.717) is 17.9 Å². The van der Waals surface area contributed by atoms with Gasteiger partial charge in [-0.2, -0.15) is 0 Å². The summed E-state index contributed by atoms with van der Waals surface area (Å²) in [5.41, 5.74) is 1.60. The molecule has 0 aromatic heterocycles. The molecule has 0 spiro atoms. The molecule has 0 aliphatic rings. The number of nitrogens with one attached hydrogen (secondary N) is 1. The first-order valence-electron chi connectivity index (χ1n) is 6.78. The highest BCUT2D eigenvalue weighted by Crippen LogP contribution is 2.21. The van der Waals surface area contributed by atoms with Gasteiger partial charge in [-0.3, -0.25) is 4.72 Å². The molecule has 0 bridgehead atoms. The fourth-order valence-electron chi connectivity index (χ4n) is 2.12. The average molecular weight is 335 g/mol. The van der Waals surface area contributed by atoms with Gasteiger partial charge in [0.2, 0.25) is 0 Å². The van der Waals surface area contributed by atoms with Gasteiger partial charge in [-0.05, 0) is 42.3 Å². The van der Waals surface area contributed by atoms with Crippen LogP contribution in [0.3, 0.4) is 0 Å². The van der Waals surface area contributed by atoms with Crippen LogP contribution in [0.1, 0.15) is 21.5 Å². The molecule has 0 aliphatic carbocycles. The number of benzene rings is 2. The van der Waals surface area contributed by atoms with Gasteiger partial charge in [-0.15, -0.1) is 0 Å². The summed E-state index contributed by atoms with van der Waals surface area (Å²) in [6, 6.07) is 10.8. The Hall–Kier alpha value is -2.38. The first-order valence-corrected chi connectivity index (χ1v) is 8.26. The summed E-state index contributed by atoms with van der Waals surface area (Å²) in [6.07, 6.45) is 0. The highest BCUT2D eigenvalue weighted by atomic mass is 32.2. The highest BCUT2D eigenvalue weighted by molar-refractivity contribution is 7.92. The van der Waals surface area contributed by atoms with Gasteiger partial charge in [0, 0.05) is 12.8 Å². The third kappa shape index (κ3) is 4.08. The molecule has 2 rings (SSSR count). The lowest BCUT2D eigenvalue weighted by atomic mass is 10.1. The van der Waals surface area contributed by atoms with Crippen molar-refractivity contribution in [2.24, 2.45) is 0 Å². The summed E-state index contributed by atoms with van der Waals surface area (Å²) >= 11 is 0. The molecular weight excluding hydrogens is 318 g/mol. The molecule has 23 heavy (non-hydrogen) atoms. The number of aryl methyl sites for hydroxylation is 1. The van der Waals surface area contributed by atoms with Crippen LogP contribution in [-0.4, -0.2) is 26.6 Å². The van der Waals surface area contributed by atoms with Crippen molar-refractivity contribution in [1.82, 2.24) is 0 Å². The maximum Gasteiger partial charge on any atom is 0.335 e. The smallest absolute Gasteiger partial charge is 0.335 e. The lowest BCUT2D eigenvalue weighted by Crippen LogP contribution is -2.15. The van der Waals surface area contributed by atoms with Crippen LogP contribution in [0.2, 0.25) is 0 Å². The van der Waals surface area contributed by atoms with Crippen LogP contribution < -0.4 is 4.72 Å². The minimum absolute atomic E-state index is 0.0606. The second kappa shape index (κ2) is 6.80. The highest BCUT2D eigenvalue weighted by Gasteiger charge is 2.19. The maximum absolute atomic E-state index is 12.5. The molecule has 6 nitrogen and oxygen atoms in total. The van der Waals surface area contributed by atoms with Crippen LogP contribution >= 0.6 is 0 Å². The summed E-state index contributed by atoms with van der Waals surface area (Å²) in [4.78, 5) is 11.0. The van der Waals surface area contributed by atoms with Crippen molar-refractivity contribution in [3.05, 3.63) is 59.2 Å². The summed E-state index contributed by atoms with van der Waals surface area (Å²) in [5, 5.41) is 9.02. The Kier molecular flexibility index (Phi) is 5.02. The van der Waals surface area contributed by atoms with Crippen LogP contribution in [0, 0.1) is 6.92 Å². The van der Waals surface area contributed by atoms with E-state index in [2.05, 4.69) is 4.72 Å². The van der Waals surface area contributed by atoms with Crippen molar-refractivity contribution in [3.63, 3.8) is 0 Å². The van der Waals surface area contributed by atoms with E-state index in [9.17, 15) is 13.2 Å². The predicted molar refractivity (Wildman–Crippen MR) is 86.1 cm³/mol. The number of sulfonamides is 1. The van der Waals surface area contributed by atoms with Gasteiger partial charge in [0.25, 0.3) is 10.0 Å². The zero-order valence-corrected chi connectivity index (χ0v) is 13.6. The van der Waals surface area contributed by atoms with E-state index < -0.39 is 16.0 Å². The lowest BCUT2D eigenvalue weighted by molar-refractivity contribution is 0.0696. The van der Waals surface area contributed by atoms with Crippen molar-refractivity contribution in [3.8, 4) is 0 Å². The average Bonchev–Trinajstić information content (AvgIpc) is 2.47. The van der Waals surface area contributed by atoms with Crippen LogP contribution in [0.15, 0.2) is 47.4 Å². The van der Waals surface area contributed by atoms with E-state index in [1.807, 2.05) is 6.07 Å². The Morgan fingerprint density at radius 1 is 1.22 bits per heavy atom. The molecule has 0 aliphatic heterocycles. The zero-order valence-electron chi connectivity index (χ0n) is 12.7. The number of carboxylic acid groups (broad SMARTS) is 1. The van der Waals surface area contributed by atoms with E-state index in [-0.39, 0.29) is 10.5 Å². The minimum Gasteiger partial charge on any atom is -0.478 e. The molecule has 0 saturated heterocycles. The Balaban J connectivity index is 2.37. The zero-order chi connectivity index (χ0) is 17.0. The molecule has 2 N–H and O–H groups in total. The Bertz CT molecular complexity index is 830. The number of carbonyl (C=O) groups is 1. The number of hydrogen-bond acceptors (Lipinski definition) is 4. The SMILES string of the molecule is COCc1cccc(NS(=O)(=O)c2cc(C(=O)O)ccc2C)c1. The number of hydrogen-bond donors (Lipinski definition) is 2. The van der Waals surface area contributed by atoms with E-state index in [4.69, 9.17) is 9.84 Å². The maximum atomic E-state index is 12.5. The number of rotatable bonds is 6. The van der Waals surface area contributed by atoms with Gasteiger partial charge in [0.15, 0.2) is 0 Å². The van der Waals surface area contributed by atoms with Crippen molar-refractivity contribution in [2.75, 3.05) is 11.8 Å². The number of aromatic carboxylic acids is 1. The molecule has 2 aromatic rings. The quantitative estimate of drug-likeness (QED) is 0.846. The van der Waals surface area contributed by atoms with Crippen LogP contribution in [-0.2, 0) is 21.4 Å². The molecule has 122 valence electrons. The first kappa shape index (κ1) is 17.0. The summed E-state index contributed by atoms with van der Waals surface area (Å²) in [5.74, 6) is -1.18. The second-order valence-electron chi connectivity index (χ2n) is 5.02. The molecule has 0 fully saturated rings. The van der Waals surface area contributed by atoms with Gasteiger partial charge < -0.3 is 9.84 Å². The van der Waals surface area contributed by atoms with Gasteiger partial charge in [0.05, 0.1) is 17.1 Å². The molecule has 0 unspecified atom stereocenters. The molecule has 0 atom stereocenters. The van der Waals surface area contributed by atoms with E-state index >= 15 is 0 Å². The number of ether oxygens (including phenoxy) is 1. The predicted octanol–water partition coefficient (Wildman–Crippen LogP) is 2.64. The van der Waals surface area contributed by atoms with Crippen molar-refractivity contribution in [1.29, 1.82) is 0 Å². The van der Waals surface area contributed by atoms with Gasteiger partial charge in [-0.1, -0.05) is 18.2 Å². The summed E-state index contributed by atoms with van der Waals surface area (Å²) in [7, 11) is -2.33. The Morgan fingerprint density at radius 3 is 2.61 bits per heavy atom. The minimum atomic E-state index is -3.89. The first-order chi connectivity index (χ1) is 10.8. The molecule has 2 aromatic carbocycles. The topological polar surface area (TPSA) is 92.7 Å². The molecule has 0 heterocycles. The monoisotopic (exact) mass is 335 g/mol. The lowest BCUT2D eigenvalue weighted by Gasteiger charge is -2.12. The number of carboxylic acids is 1. The van der Waals surface area contributed by atoms with Gasteiger partial charge >= 0.3 is 5.97 Å². The number of anilines is 1. The summed E-state index contributed by atoms with van der Waals surface area (Å²) in [6.45, 7) is 1.98. The standard InChI is InChI=1S/C16H17NO5S/c1-11-6-7-13(16(18)19)9-15(11)23(20,21)17-14-5-3-4-12(8-14)10-22-2/h3-9,17H,10H2,1-2H3,(H,18,19). The largest absolute Gasteiger partial charge is 0.478 e. The van der Waals surface area contributed by atoms with Crippen LogP contribution in [0.4, 0.5) is 5.69 Å². The normalized spacial score (nSPS) is 11.2. The fourth-order valence-corrected chi connectivity index (χ4v) is 3.45. The molecule has 0 saturated carbocycles. The van der Waals surface area contributed by atoms with E-state index in [1.54, 1.807) is 32.2 Å². The van der Waals surface area contributed by atoms with Crippen LogP contribution in [0.5, 0.6) is 0 Å². The number of methoxy groups -OCH3 is 1. The third-order valence-corrected chi connectivity index (χ3v) is 4.74. The van der Waals surface area contributed by atoms with Gasteiger partial charge in [-0.25, -0.2) is 13.2 Å². The second-order valence-corrected chi connectivity index (χ2v) is 6.68. The third-order valence-electron chi connectivity index (χ3n) is 3.21. The molecule has 7 heteroatoms. The van der Waals surface area contributed by atoms with E-state index in [0.717, 1.165) is 11.6 Å². The molecule has 0 amide bonds. The summed E-state index contributed by atoms with van der Waals surface area (Å²) < 4.78 is 32.5. The molecule has 0 radical (unpaired) electrons. The Labute approximate surface area is 134 Å². The van der Waals surface area contributed by atoms with Crippen molar-refractivity contribution >= 4 is 21.7 Å². The Morgan fingerprint density at radius 2 is 1.96 bits per heavy atom.